The average Bonchev–Trinajstić information content (AvgIpc) is 2.67. The number of amides is 2. The number of rotatable bonds is 5. The van der Waals surface area contributed by atoms with Crippen molar-refractivity contribution in [3.8, 4) is 5.75 Å². The van der Waals surface area contributed by atoms with Crippen molar-refractivity contribution in [1.29, 1.82) is 0 Å². The van der Waals surface area contributed by atoms with Crippen LogP contribution in [-0.2, 0) is 6.42 Å². The van der Waals surface area contributed by atoms with Crippen LogP contribution in [0.1, 0.15) is 50.7 Å². The van der Waals surface area contributed by atoms with E-state index >= 15 is 0 Å². The molecule has 148 valence electrons. The molecule has 7 heteroatoms. The number of fused-ring (bicyclic) bond motifs is 1. The largest absolute Gasteiger partial charge is 0.435 e. The first-order valence-electron chi connectivity index (χ1n) is 9.05. The number of hydrogen-bond donors (Lipinski definition) is 1. The molecule has 1 atom stereocenters. The Morgan fingerprint density at radius 1 is 1.11 bits per heavy atom. The van der Waals surface area contributed by atoms with Crippen LogP contribution in [0.15, 0.2) is 42.5 Å². The molecule has 5 nitrogen and oxygen atoms in total. The van der Waals surface area contributed by atoms with Gasteiger partial charge in [-0.05, 0) is 66.8 Å². The molecule has 2 aromatic carbocycles. The van der Waals surface area contributed by atoms with Crippen molar-refractivity contribution in [2.75, 3.05) is 14.1 Å². The van der Waals surface area contributed by atoms with E-state index in [0.29, 0.717) is 11.1 Å². The Bertz CT molecular complexity index is 866. The van der Waals surface area contributed by atoms with Gasteiger partial charge in [0.2, 0.25) is 0 Å². The van der Waals surface area contributed by atoms with Crippen LogP contribution >= 0.6 is 0 Å². The summed E-state index contributed by atoms with van der Waals surface area (Å²) in [6.45, 7) is -2.86. The molecule has 28 heavy (non-hydrogen) atoms. The fourth-order valence-corrected chi connectivity index (χ4v) is 3.38. The van der Waals surface area contributed by atoms with Gasteiger partial charge in [0.1, 0.15) is 5.75 Å². The monoisotopic (exact) mass is 388 g/mol. The molecule has 0 bridgehead atoms. The van der Waals surface area contributed by atoms with Gasteiger partial charge in [-0.1, -0.05) is 6.07 Å². The smallest absolute Gasteiger partial charge is 0.387 e. The van der Waals surface area contributed by atoms with Gasteiger partial charge in [0.15, 0.2) is 0 Å². The van der Waals surface area contributed by atoms with E-state index < -0.39 is 6.61 Å². The molecular formula is C21H22F2N2O3. The minimum atomic E-state index is -2.86. The van der Waals surface area contributed by atoms with Crippen molar-refractivity contribution in [1.82, 2.24) is 10.2 Å². The molecule has 0 saturated carbocycles. The molecule has 2 aromatic rings. The maximum absolute atomic E-state index is 12.6. The third-order valence-corrected chi connectivity index (χ3v) is 4.76. The summed E-state index contributed by atoms with van der Waals surface area (Å²) < 4.78 is 29.3. The topological polar surface area (TPSA) is 58.6 Å². The molecule has 2 amide bonds. The Morgan fingerprint density at radius 3 is 2.43 bits per heavy atom. The average molecular weight is 388 g/mol. The predicted molar refractivity (Wildman–Crippen MR) is 101 cm³/mol. The molecule has 0 aliphatic heterocycles. The highest BCUT2D eigenvalue weighted by Gasteiger charge is 2.23. The van der Waals surface area contributed by atoms with Gasteiger partial charge in [-0.2, -0.15) is 8.78 Å². The molecule has 0 spiro atoms. The van der Waals surface area contributed by atoms with Gasteiger partial charge in [0.05, 0.1) is 6.04 Å². The second-order valence-electron chi connectivity index (χ2n) is 6.93. The zero-order valence-corrected chi connectivity index (χ0v) is 15.7. The van der Waals surface area contributed by atoms with E-state index in [2.05, 4.69) is 10.1 Å². The van der Waals surface area contributed by atoms with E-state index in [0.717, 1.165) is 30.4 Å². The van der Waals surface area contributed by atoms with Gasteiger partial charge in [-0.3, -0.25) is 9.59 Å². The van der Waals surface area contributed by atoms with Crippen LogP contribution in [0.5, 0.6) is 5.75 Å². The number of alkyl halides is 2. The number of nitrogens with zero attached hydrogens (tertiary/aromatic N) is 1. The molecule has 0 saturated heterocycles. The lowest BCUT2D eigenvalue weighted by Gasteiger charge is -2.27. The molecule has 0 fully saturated rings. The number of ether oxygens (including phenoxy) is 1. The normalized spacial score (nSPS) is 15.7. The lowest BCUT2D eigenvalue weighted by atomic mass is 9.87. The van der Waals surface area contributed by atoms with Gasteiger partial charge in [-0.15, -0.1) is 0 Å². The molecule has 1 N–H and O–H groups in total. The van der Waals surface area contributed by atoms with Gasteiger partial charge in [-0.25, -0.2) is 0 Å². The number of halogens is 2. The highest BCUT2D eigenvalue weighted by Crippen LogP contribution is 2.32. The van der Waals surface area contributed by atoms with Crippen LogP contribution in [0, 0.1) is 0 Å². The van der Waals surface area contributed by atoms with Crippen molar-refractivity contribution in [3.05, 3.63) is 64.7 Å². The number of hydrogen-bond acceptors (Lipinski definition) is 3. The summed E-state index contributed by atoms with van der Waals surface area (Å²) in [5.41, 5.74) is 2.79. The third kappa shape index (κ3) is 4.47. The fourth-order valence-electron chi connectivity index (χ4n) is 3.38. The molecule has 1 aliphatic carbocycles. The maximum atomic E-state index is 12.6. The van der Waals surface area contributed by atoms with Gasteiger partial charge < -0.3 is 15.0 Å². The third-order valence-electron chi connectivity index (χ3n) is 4.76. The zero-order valence-electron chi connectivity index (χ0n) is 15.7. The standard InChI is InChI=1S/C21H22F2N2O3/c1-25(2)20(27)14-8-6-13(7-9-14)19(26)24-18-5-3-4-15-12-16(28-21(22)23)10-11-17(15)18/h6-12,18,21H,3-5H2,1-2H3,(H,24,26)/t18-/m0/s1. The van der Waals surface area contributed by atoms with E-state index in [9.17, 15) is 18.4 Å². The van der Waals surface area contributed by atoms with Gasteiger partial charge >= 0.3 is 6.61 Å². The van der Waals surface area contributed by atoms with Crippen LogP contribution in [0.3, 0.4) is 0 Å². The van der Waals surface area contributed by atoms with Crippen molar-refractivity contribution in [3.63, 3.8) is 0 Å². The first-order chi connectivity index (χ1) is 13.3. The number of benzene rings is 2. The SMILES string of the molecule is CN(C)C(=O)c1ccc(C(=O)N[C@H]2CCCc3cc(OC(F)F)ccc32)cc1. The second kappa shape index (κ2) is 8.37. The molecule has 0 unspecified atom stereocenters. The second-order valence-corrected chi connectivity index (χ2v) is 6.93. The molecule has 3 rings (SSSR count). The fraction of sp³-hybridized carbons (Fsp3) is 0.333. The van der Waals surface area contributed by atoms with E-state index in [4.69, 9.17) is 0 Å². The van der Waals surface area contributed by atoms with E-state index in [1.54, 1.807) is 50.5 Å². The summed E-state index contributed by atoms with van der Waals surface area (Å²) in [7, 11) is 3.34. The van der Waals surface area contributed by atoms with Crippen LogP contribution in [0.4, 0.5) is 8.78 Å². The quantitative estimate of drug-likeness (QED) is 0.848. The van der Waals surface area contributed by atoms with E-state index in [1.165, 1.54) is 11.0 Å². The molecule has 1 aliphatic rings. The molecule has 0 aromatic heterocycles. The number of carbonyl (C=O) groups is 2. The molecule has 0 radical (unpaired) electrons. The van der Waals surface area contributed by atoms with Crippen molar-refractivity contribution in [2.45, 2.75) is 31.9 Å². The van der Waals surface area contributed by atoms with Gasteiger partial charge in [0, 0.05) is 25.2 Å². The lowest BCUT2D eigenvalue weighted by Crippen LogP contribution is -2.31. The minimum absolute atomic E-state index is 0.127. The van der Waals surface area contributed by atoms with E-state index in [-0.39, 0.29) is 23.6 Å². The highest BCUT2D eigenvalue weighted by molar-refractivity contribution is 5.97. The Morgan fingerprint density at radius 2 is 1.79 bits per heavy atom. The Kier molecular flexibility index (Phi) is 5.92. The first kappa shape index (κ1) is 19.8. The molecule has 0 heterocycles. The summed E-state index contributed by atoms with van der Waals surface area (Å²) in [5.74, 6) is -0.244. The van der Waals surface area contributed by atoms with Crippen LogP contribution in [0.25, 0.3) is 0 Å². The highest BCUT2D eigenvalue weighted by atomic mass is 19.3. The lowest BCUT2D eigenvalue weighted by molar-refractivity contribution is -0.0499. The number of carbonyl (C=O) groups excluding carboxylic acids is 2. The van der Waals surface area contributed by atoms with Crippen LogP contribution < -0.4 is 10.1 Å². The summed E-state index contributed by atoms with van der Waals surface area (Å²) in [5, 5.41) is 3.00. The van der Waals surface area contributed by atoms with Gasteiger partial charge in [0.25, 0.3) is 11.8 Å². The Balaban J connectivity index is 1.72. The number of aryl methyl sites for hydroxylation is 1. The first-order valence-corrected chi connectivity index (χ1v) is 9.05. The minimum Gasteiger partial charge on any atom is -0.435 e. The number of nitrogens with one attached hydrogen (secondary N) is 1. The van der Waals surface area contributed by atoms with Crippen molar-refractivity contribution < 1.29 is 23.1 Å². The Labute approximate surface area is 162 Å². The zero-order chi connectivity index (χ0) is 20.3. The summed E-state index contributed by atoms with van der Waals surface area (Å²) >= 11 is 0. The summed E-state index contributed by atoms with van der Waals surface area (Å²) in [6, 6.07) is 11.1. The van der Waals surface area contributed by atoms with Crippen molar-refractivity contribution >= 4 is 11.8 Å². The maximum Gasteiger partial charge on any atom is 0.387 e. The summed E-state index contributed by atoms with van der Waals surface area (Å²) in [4.78, 5) is 26.0. The predicted octanol–water partition coefficient (Wildman–Crippen LogP) is 3.80. The van der Waals surface area contributed by atoms with E-state index in [1.807, 2.05) is 0 Å². The Hall–Kier alpha value is -2.96. The van der Waals surface area contributed by atoms with Crippen LogP contribution in [0.2, 0.25) is 0 Å². The van der Waals surface area contributed by atoms with Crippen LogP contribution in [-0.4, -0.2) is 37.4 Å². The molecular weight excluding hydrogens is 366 g/mol. The summed E-state index contributed by atoms with van der Waals surface area (Å²) in [6.07, 6.45) is 2.36. The van der Waals surface area contributed by atoms with Crippen molar-refractivity contribution in [2.24, 2.45) is 0 Å².